The summed E-state index contributed by atoms with van der Waals surface area (Å²) in [5, 5.41) is 2.65. The van der Waals surface area contributed by atoms with Crippen molar-refractivity contribution in [2.75, 3.05) is 33.0 Å². The van der Waals surface area contributed by atoms with E-state index in [1.807, 2.05) is 0 Å². The smallest absolute Gasteiger partial charge is 0.220 e. The Labute approximate surface area is 113 Å². The van der Waals surface area contributed by atoms with Gasteiger partial charge in [-0.25, -0.2) is 0 Å². The Bertz CT molecular complexity index is 291. The molecule has 6 nitrogen and oxygen atoms in total. The van der Waals surface area contributed by atoms with Crippen molar-refractivity contribution in [3.05, 3.63) is 0 Å². The van der Waals surface area contributed by atoms with Crippen molar-refractivity contribution in [2.45, 2.75) is 33.1 Å². The van der Waals surface area contributed by atoms with Crippen LogP contribution >= 0.6 is 0 Å². The average Bonchev–Trinajstić information content (AvgIpc) is 2.34. The van der Waals surface area contributed by atoms with E-state index in [4.69, 9.17) is 9.47 Å². The van der Waals surface area contributed by atoms with Crippen LogP contribution in [0.15, 0.2) is 0 Å². The van der Waals surface area contributed by atoms with Crippen molar-refractivity contribution in [1.29, 1.82) is 0 Å². The molecule has 0 radical (unpaired) electrons. The summed E-state index contributed by atoms with van der Waals surface area (Å²) in [6, 6.07) is 0. The Morgan fingerprint density at radius 1 is 0.789 bits per heavy atom. The van der Waals surface area contributed by atoms with Crippen LogP contribution in [0.5, 0.6) is 0 Å². The monoisotopic (exact) mass is 273 g/mol. The zero-order valence-electron chi connectivity index (χ0n) is 11.7. The second-order valence-corrected chi connectivity index (χ2v) is 4.23. The highest BCUT2D eigenvalue weighted by atomic mass is 16.5. The van der Waals surface area contributed by atoms with Crippen LogP contribution in [0.2, 0.25) is 0 Å². The SMILES string of the molecule is CC(=O)CCOCCOCCNC(=O)CCC(C)=O. The third-order valence-corrected chi connectivity index (χ3v) is 2.24. The molecule has 110 valence electrons. The van der Waals surface area contributed by atoms with Gasteiger partial charge in [0.05, 0.1) is 26.4 Å². The summed E-state index contributed by atoms with van der Waals surface area (Å²) in [6.45, 7) is 5.09. The lowest BCUT2D eigenvalue weighted by Gasteiger charge is -2.06. The molecule has 0 atom stereocenters. The van der Waals surface area contributed by atoms with Crippen molar-refractivity contribution in [3.63, 3.8) is 0 Å². The highest BCUT2D eigenvalue weighted by Gasteiger charge is 2.02. The van der Waals surface area contributed by atoms with E-state index in [-0.39, 0.29) is 30.3 Å². The van der Waals surface area contributed by atoms with Crippen LogP contribution in [0, 0.1) is 0 Å². The van der Waals surface area contributed by atoms with Crippen LogP contribution in [0.25, 0.3) is 0 Å². The lowest BCUT2D eigenvalue weighted by molar-refractivity contribution is -0.124. The highest BCUT2D eigenvalue weighted by molar-refractivity contribution is 5.83. The molecule has 0 aromatic heterocycles. The normalized spacial score (nSPS) is 10.2. The number of amides is 1. The largest absolute Gasteiger partial charge is 0.379 e. The second-order valence-electron chi connectivity index (χ2n) is 4.23. The van der Waals surface area contributed by atoms with Crippen LogP contribution in [-0.4, -0.2) is 50.4 Å². The van der Waals surface area contributed by atoms with E-state index in [0.717, 1.165) is 0 Å². The number of rotatable bonds is 12. The van der Waals surface area contributed by atoms with Crippen LogP contribution in [0.1, 0.15) is 33.1 Å². The minimum atomic E-state index is -0.142. The Morgan fingerprint density at radius 2 is 1.37 bits per heavy atom. The molecule has 0 unspecified atom stereocenters. The van der Waals surface area contributed by atoms with Crippen LogP contribution in [-0.2, 0) is 23.9 Å². The van der Waals surface area contributed by atoms with Crippen LogP contribution in [0.3, 0.4) is 0 Å². The van der Waals surface area contributed by atoms with Crippen molar-refractivity contribution in [3.8, 4) is 0 Å². The van der Waals surface area contributed by atoms with E-state index in [1.165, 1.54) is 13.8 Å². The standard InChI is InChI=1S/C13H23NO5/c1-11(15)3-4-13(17)14-6-8-19-10-9-18-7-5-12(2)16/h3-10H2,1-2H3,(H,14,17). The third-order valence-electron chi connectivity index (χ3n) is 2.24. The predicted molar refractivity (Wildman–Crippen MR) is 69.9 cm³/mol. The minimum absolute atomic E-state index is 0.00843. The molecule has 0 saturated carbocycles. The number of carbonyl (C=O) groups excluding carboxylic acids is 3. The van der Waals surface area contributed by atoms with Gasteiger partial charge in [0.15, 0.2) is 0 Å². The van der Waals surface area contributed by atoms with Gasteiger partial charge in [0.2, 0.25) is 5.91 Å². The first kappa shape index (κ1) is 17.7. The molecule has 0 aromatic rings. The summed E-state index contributed by atoms with van der Waals surface area (Å²) < 4.78 is 10.4. The number of nitrogens with one attached hydrogen (secondary N) is 1. The molecule has 0 fully saturated rings. The van der Waals surface area contributed by atoms with Gasteiger partial charge >= 0.3 is 0 Å². The van der Waals surface area contributed by atoms with E-state index >= 15 is 0 Å². The summed E-state index contributed by atoms with van der Waals surface area (Å²) in [6.07, 6.45) is 0.923. The molecule has 6 heteroatoms. The molecule has 0 spiro atoms. The van der Waals surface area contributed by atoms with Gasteiger partial charge in [-0.3, -0.25) is 9.59 Å². The maximum Gasteiger partial charge on any atom is 0.220 e. The first-order valence-corrected chi connectivity index (χ1v) is 6.43. The number of hydrogen-bond acceptors (Lipinski definition) is 5. The first-order valence-electron chi connectivity index (χ1n) is 6.43. The molecular weight excluding hydrogens is 250 g/mol. The Hall–Kier alpha value is -1.27. The molecule has 0 heterocycles. The number of ketones is 2. The molecule has 0 aliphatic heterocycles. The van der Waals surface area contributed by atoms with Crippen LogP contribution < -0.4 is 5.32 Å². The summed E-state index contributed by atoms with van der Waals surface area (Å²) in [4.78, 5) is 32.5. The minimum Gasteiger partial charge on any atom is -0.379 e. The Kier molecular flexibility index (Phi) is 11.0. The second kappa shape index (κ2) is 11.8. The summed E-state index contributed by atoms with van der Waals surface area (Å²) >= 11 is 0. The van der Waals surface area contributed by atoms with Crippen molar-refractivity contribution in [1.82, 2.24) is 5.32 Å². The number of ether oxygens (including phenoxy) is 2. The topological polar surface area (TPSA) is 81.7 Å². The van der Waals surface area contributed by atoms with Crippen molar-refractivity contribution in [2.24, 2.45) is 0 Å². The average molecular weight is 273 g/mol. The maximum atomic E-state index is 11.2. The fourth-order valence-corrected chi connectivity index (χ4v) is 1.18. The molecular formula is C13H23NO5. The van der Waals surface area contributed by atoms with E-state index in [9.17, 15) is 14.4 Å². The Morgan fingerprint density at radius 3 is 1.95 bits per heavy atom. The zero-order chi connectivity index (χ0) is 14.5. The quantitative estimate of drug-likeness (QED) is 0.523. The van der Waals surface area contributed by atoms with Gasteiger partial charge in [0, 0.05) is 25.8 Å². The van der Waals surface area contributed by atoms with Gasteiger partial charge < -0.3 is 19.6 Å². The fraction of sp³-hybridized carbons (Fsp3) is 0.769. The number of Topliss-reactive ketones (excluding diaryl/α,β-unsaturated/α-hetero) is 2. The van der Waals surface area contributed by atoms with Gasteiger partial charge in [0.1, 0.15) is 11.6 Å². The maximum absolute atomic E-state index is 11.2. The van der Waals surface area contributed by atoms with E-state index in [1.54, 1.807) is 0 Å². The highest BCUT2D eigenvalue weighted by Crippen LogP contribution is 1.89. The zero-order valence-corrected chi connectivity index (χ0v) is 11.7. The molecule has 0 aliphatic carbocycles. The molecule has 0 bridgehead atoms. The summed E-state index contributed by atoms with van der Waals surface area (Å²) in [7, 11) is 0. The summed E-state index contributed by atoms with van der Waals surface area (Å²) in [5.41, 5.74) is 0. The predicted octanol–water partition coefficient (Wildman–Crippen LogP) is 0.484. The van der Waals surface area contributed by atoms with Gasteiger partial charge in [-0.2, -0.15) is 0 Å². The molecule has 0 saturated heterocycles. The molecule has 1 amide bonds. The van der Waals surface area contributed by atoms with Gasteiger partial charge in [0.25, 0.3) is 0 Å². The Balaban J connectivity index is 3.20. The van der Waals surface area contributed by atoms with E-state index in [0.29, 0.717) is 39.4 Å². The third kappa shape index (κ3) is 14.7. The van der Waals surface area contributed by atoms with Gasteiger partial charge in [-0.05, 0) is 13.8 Å². The van der Waals surface area contributed by atoms with E-state index in [2.05, 4.69) is 5.32 Å². The van der Waals surface area contributed by atoms with Gasteiger partial charge in [-0.15, -0.1) is 0 Å². The summed E-state index contributed by atoms with van der Waals surface area (Å²) in [5.74, 6) is -0.0280. The lowest BCUT2D eigenvalue weighted by Crippen LogP contribution is -2.27. The fourth-order valence-electron chi connectivity index (χ4n) is 1.18. The van der Waals surface area contributed by atoms with Crippen LogP contribution in [0.4, 0.5) is 0 Å². The molecule has 0 aliphatic rings. The molecule has 0 aromatic carbocycles. The van der Waals surface area contributed by atoms with Crippen molar-refractivity contribution < 1.29 is 23.9 Å². The van der Waals surface area contributed by atoms with Gasteiger partial charge in [-0.1, -0.05) is 0 Å². The lowest BCUT2D eigenvalue weighted by atomic mass is 10.2. The number of carbonyl (C=O) groups is 3. The number of hydrogen-bond donors (Lipinski definition) is 1. The molecule has 0 rings (SSSR count). The van der Waals surface area contributed by atoms with E-state index < -0.39 is 0 Å². The molecule has 1 N–H and O–H groups in total. The van der Waals surface area contributed by atoms with Crippen molar-refractivity contribution >= 4 is 17.5 Å². The first-order chi connectivity index (χ1) is 9.02. The molecule has 19 heavy (non-hydrogen) atoms.